The second kappa shape index (κ2) is 6.55. The summed E-state index contributed by atoms with van der Waals surface area (Å²) < 4.78 is 34.7. The average Bonchev–Trinajstić information content (AvgIpc) is 2.47. The van der Waals surface area contributed by atoms with E-state index in [0.29, 0.717) is 24.4 Å². The lowest BCUT2D eigenvalue weighted by Gasteiger charge is -2.47. The fraction of sp³-hybridized carbons (Fsp3) is 1.00. The normalized spacial score (nSPS) is 38.9. The van der Waals surface area contributed by atoms with Crippen molar-refractivity contribution in [1.29, 1.82) is 0 Å². The lowest BCUT2D eigenvalue weighted by atomic mass is 9.68. The van der Waals surface area contributed by atoms with Crippen molar-refractivity contribution in [3.63, 3.8) is 0 Å². The third-order valence-electron chi connectivity index (χ3n) is 6.05. The summed E-state index contributed by atoms with van der Waals surface area (Å²) in [7, 11) is -4.13. The molecule has 3 fully saturated rings. The van der Waals surface area contributed by atoms with Crippen LogP contribution in [-0.2, 0) is 10.1 Å². The molecular weight excluding hydrogens is 286 g/mol. The van der Waals surface area contributed by atoms with Crippen molar-refractivity contribution < 1.29 is 13.0 Å². The molecule has 0 aromatic heterocycles. The molecule has 4 atom stereocenters. The van der Waals surface area contributed by atoms with Gasteiger partial charge in [-0.15, -0.1) is 0 Å². The lowest BCUT2D eigenvalue weighted by Crippen LogP contribution is -2.52. The second-order valence-electron chi connectivity index (χ2n) is 7.33. The van der Waals surface area contributed by atoms with Gasteiger partial charge in [-0.25, -0.2) is 8.42 Å². The van der Waals surface area contributed by atoms with Gasteiger partial charge in [0.05, 0.1) is 15.4 Å². The zero-order valence-electron chi connectivity index (χ0n) is 12.8. The van der Waals surface area contributed by atoms with Gasteiger partial charge in [0.15, 0.2) is 0 Å². The molecule has 3 aliphatic carbocycles. The molecule has 0 saturated heterocycles. The van der Waals surface area contributed by atoms with Crippen molar-refractivity contribution in [2.24, 2.45) is 11.8 Å². The van der Waals surface area contributed by atoms with Crippen LogP contribution in [-0.4, -0.2) is 30.3 Å². The van der Waals surface area contributed by atoms with Crippen LogP contribution in [0.2, 0.25) is 0 Å². The van der Waals surface area contributed by atoms with Crippen molar-refractivity contribution in [3.05, 3.63) is 0 Å². The van der Waals surface area contributed by atoms with E-state index in [1.54, 1.807) is 0 Å². The predicted molar refractivity (Wildman–Crippen MR) is 82.0 cm³/mol. The third kappa shape index (κ3) is 3.62. The van der Waals surface area contributed by atoms with Crippen molar-refractivity contribution >= 4 is 10.1 Å². The van der Waals surface area contributed by atoms with E-state index < -0.39 is 15.4 Å². The van der Waals surface area contributed by atoms with E-state index in [1.165, 1.54) is 32.1 Å². The third-order valence-corrected chi connectivity index (χ3v) is 7.38. The van der Waals surface area contributed by atoms with Crippen molar-refractivity contribution in [1.82, 2.24) is 5.32 Å². The molecule has 0 spiro atoms. The first-order valence-corrected chi connectivity index (χ1v) is 10.2. The van der Waals surface area contributed by atoms with Gasteiger partial charge in [-0.05, 0) is 50.4 Å². The van der Waals surface area contributed by atoms with Crippen LogP contribution in [0.15, 0.2) is 0 Å². The monoisotopic (exact) mass is 314 g/mol. The van der Waals surface area contributed by atoms with Gasteiger partial charge >= 0.3 is 0 Å². The Bertz CT molecular complexity index is 444. The SMILES string of the molecule is O=S(=O)([O-])C1CCCC2C(NC3CCCCC3)CCCC21. The summed E-state index contributed by atoms with van der Waals surface area (Å²) in [4.78, 5) is 0. The molecule has 0 heterocycles. The van der Waals surface area contributed by atoms with Crippen molar-refractivity contribution in [2.75, 3.05) is 0 Å². The molecule has 122 valence electrons. The van der Waals surface area contributed by atoms with Gasteiger partial charge < -0.3 is 9.87 Å². The van der Waals surface area contributed by atoms with Crippen LogP contribution in [0.25, 0.3) is 0 Å². The maximum Gasteiger partial charge on any atom is 0.0978 e. The summed E-state index contributed by atoms with van der Waals surface area (Å²) in [6, 6.07) is 1.06. The Labute approximate surface area is 128 Å². The van der Waals surface area contributed by atoms with E-state index in [0.717, 1.165) is 32.1 Å². The molecule has 5 heteroatoms. The Balaban J connectivity index is 1.68. The smallest absolute Gasteiger partial charge is 0.0978 e. The number of hydrogen-bond donors (Lipinski definition) is 1. The number of fused-ring (bicyclic) bond motifs is 1. The molecule has 1 N–H and O–H groups in total. The van der Waals surface area contributed by atoms with Crippen molar-refractivity contribution in [3.8, 4) is 0 Å². The largest absolute Gasteiger partial charge is 0.748 e. The Morgan fingerprint density at radius 3 is 2.14 bits per heavy atom. The maximum absolute atomic E-state index is 11.6. The number of nitrogens with one attached hydrogen (secondary N) is 1. The van der Waals surface area contributed by atoms with Gasteiger partial charge in [-0.3, -0.25) is 0 Å². The van der Waals surface area contributed by atoms with Crippen LogP contribution < -0.4 is 5.32 Å². The van der Waals surface area contributed by atoms with E-state index in [-0.39, 0.29) is 5.92 Å². The van der Waals surface area contributed by atoms with Gasteiger partial charge in [0.2, 0.25) is 0 Å². The topological polar surface area (TPSA) is 69.2 Å². The zero-order chi connectivity index (χ0) is 14.9. The molecule has 0 aromatic rings. The minimum atomic E-state index is -4.13. The molecule has 21 heavy (non-hydrogen) atoms. The van der Waals surface area contributed by atoms with Gasteiger partial charge in [0.1, 0.15) is 0 Å². The molecule has 0 radical (unpaired) electrons. The first-order chi connectivity index (χ1) is 10.1. The van der Waals surface area contributed by atoms with Gasteiger partial charge in [-0.2, -0.15) is 0 Å². The standard InChI is InChI=1S/C16H29NO3S/c18-21(19,20)16-11-5-8-13-14(16)9-4-10-15(13)17-12-6-2-1-3-7-12/h12-17H,1-11H2,(H,18,19,20)/p-1. The molecule has 0 aliphatic heterocycles. The molecule has 3 rings (SSSR count). The molecule has 4 unspecified atom stereocenters. The molecule has 4 nitrogen and oxygen atoms in total. The van der Waals surface area contributed by atoms with Crippen LogP contribution in [0.5, 0.6) is 0 Å². The van der Waals surface area contributed by atoms with E-state index >= 15 is 0 Å². The zero-order valence-corrected chi connectivity index (χ0v) is 13.6. The molecule has 0 aromatic carbocycles. The van der Waals surface area contributed by atoms with Crippen molar-refractivity contribution in [2.45, 2.75) is 88.0 Å². The Kier molecular flexibility index (Phi) is 4.91. The molecule has 0 amide bonds. The molecule has 3 saturated carbocycles. The number of hydrogen-bond acceptors (Lipinski definition) is 4. The van der Waals surface area contributed by atoms with Crippen LogP contribution in [0.1, 0.15) is 70.6 Å². The van der Waals surface area contributed by atoms with Gasteiger partial charge in [0.25, 0.3) is 0 Å². The fourth-order valence-electron chi connectivity index (χ4n) is 5.08. The summed E-state index contributed by atoms with van der Waals surface area (Å²) in [5, 5.41) is 3.21. The molecule has 0 bridgehead atoms. The van der Waals surface area contributed by atoms with E-state index in [1.807, 2.05) is 0 Å². The first kappa shape index (κ1) is 15.8. The van der Waals surface area contributed by atoms with Crippen LogP contribution in [0, 0.1) is 11.8 Å². The number of rotatable bonds is 3. The summed E-state index contributed by atoms with van der Waals surface area (Å²) >= 11 is 0. The van der Waals surface area contributed by atoms with Crippen LogP contribution in [0.3, 0.4) is 0 Å². The fourth-order valence-corrected chi connectivity index (χ4v) is 6.30. The first-order valence-electron chi connectivity index (χ1n) is 8.76. The van der Waals surface area contributed by atoms with Crippen LogP contribution >= 0.6 is 0 Å². The van der Waals surface area contributed by atoms with Gasteiger partial charge in [0, 0.05) is 12.1 Å². The highest BCUT2D eigenvalue weighted by Gasteiger charge is 2.42. The Morgan fingerprint density at radius 1 is 0.762 bits per heavy atom. The Morgan fingerprint density at radius 2 is 1.43 bits per heavy atom. The van der Waals surface area contributed by atoms with E-state index in [4.69, 9.17) is 0 Å². The summed E-state index contributed by atoms with van der Waals surface area (Å²) in [6.45, 7) is 0. The summed E-state index contributed by atoms with van der Waals surface area (Å²) in [5.74, 6) is 0.513. The van der Waals surface area contributed by atoms with Gasteiger partial charge in [-0.1, -0.05) is 32.1 Å². The second-order valence-corrected chi connectivity index (χ2v) is 8.92. The summed E-state index contributed by atoms with van der Waals surface area (Å²) in [5.41, 5.74) is 0. The maximum atomic E-state index is 11.6. The highest BCUT2D eigenvalue weighted by molar-refractivity contribution is 7.86. The van der Waals surface area contributed by atoms with Crippen LogP contribution in [0.4, 0.5) is 0 Å². The Hall–Kier alpha value is -0.130. The molecular formula is C16H28NO3S-. The quantitative estimate of drug-likeness (QED) is 0.813. The molecule has 3 aliphatic rings. The highest BCUT2D eigenvalue weighted by atomic mass is 32.2. The average molecular weight is 314 g/mol. The predicted octanol–water partition coefficient (Wildman–Crippen LogP) is 2.79. The summed E-state index contributed by atoms with van der Waals surface area (Å²) in [6.07, 6.45) is 12.2. The minimum Gasteiger partial charge on any atom is -0.748 e. The lowest BCUT2D eigenvalue weighted by molar-refractivity contribution is 0.113. The minimum absolute atomic E-state index is 0.107. The highest BCUT2D eigenvalue weighted by Crippen LogP contribution is 2.43. The van der Waals surface area contributed by atoms with E-state index in [9.17, 15) is 13.0 Å². The van der Waals surface area contributed by atoms with E-state index in [2.05, 4.69) is 5.32 Å².